The number of hydrogen-bond acceptors (Lipinski definition) is 2. The number of halogens is 2. The highest BCUT2D eigenvalue weighted by Gasteiger charge is 2.24. The number of nitrogens with zero attached hydrogens (tertiary/aromatic N) is 2. The number of rotatable bonds is 5. The third-order valence-corrected chi connectivity index (χ3v) is 5.04. The second-order valence-electron chi connectivity index (χ2n) is 5.21. The maximum atomic E-state index is 5.89. The van der Waals surface area contributed by atoms with Crippen molar-refractivity contribution in [1.29, 1.82) is 0 Å². The monoisotopic (exact) mass is 344 g/mol. The maximum Gasteiger partial charge on any atom is 0.0485 e. The molecule has 1 aliphatic rings. The van der Waals surface area contributed by atoms with Gasteiger partial charge in [-0.05, 0) is 43.6 Å². The van der Waals surface area contributed by atoms with E-state index in [-0.39, 0.29) is 0 Å². The first kappa shape index (κ1) is 15.1. The molecule has 1 fully saturated rings. The van der Waals surface area contributed by atoms with Crippen LogP contribution in [-0.4, -0.2) is 37.6 Å². The molecule has 2 rings (SSSR count). The molecular weight excluding hydrogens is 324 g/mol. The van der Waals surface area contributed by atoms with Crippen LogP contribution in [0.5, 0.6) is 0 Å². The highest BCUT2D eigenvalue weighted by Crippen LogP contribution is 2.26. The van der Waals surface area contributed by atoms with Gasteiger partial charge in [0.15, 0.2) is 0 Å². The molecule has 0 radical (unpaired) electrons. The predicted octanol–water partition coefficient (Wildman–Crippen LogP) is 4.11. The van der Waals surface area contributed by atoms with Crippen molar-refractivity contribution >= 4 is 33.2 Å². The summed E-state index contributed by atoms with van der Waals surface area (Å²) in [5, 5.41) is 0. The second-order valence-corrected chi connectivity index (χ2v) is 6.34. The largest absolute Gasteiger partial charge is 0.373 e. The van der Waals surface area contributed by atoms with E-state index in [1.54, 1.807) is 0 Å². The van der Waals surface area contributed by atoms with Crippen molar-refractivity contribution in [2.45, 2.75) is 31.7 Å². The molecule has 0 N–H and O–H groups in total. The molecule has 106 valence electrons. The first-order valence-electron chi connectivity index (χ1n) is 6.95. The predicted molar refractivity (Wildman–Crippen MR) is 87.2 cm³/mol. The van der Waals surface area contributed by atoms with Crippen LogP contribution in [0.1, 0.15) is 25.3 Å². The number of alkyl halides is 1. The van der Waals surface area contributed by atoms with Gasteiger partial charge >= 0.3 is 0 Å². The highest BCUT2D eigenvalue weighted by molar-refractivity contribution is 9.10. The SMILES string of the molecule is CCN1CCCC1CN(C)c1ccc(CCl)c(Br)c1. The average molecular weight is 346 g/mol. The van der Waals surface area contributed by atoms with Gasteiger partial charge < -0.3 is 4.90 Å². The van der Waals surface area contributed by atoms with Crippen molar-refractivity contribution in [2.75, 3.05) is 31.6 Å². The van der Waals surface area contributed by atoms with Crippen LogP contribution in [0.4, 0.5) is 5.69 Å². The number of benzene rings is 1. The number of hydrogen-bond donors (Lipinski definition) is 0. The van der Waals surface area contributed by atoms with Crippen molar-refractivity contribution in [1.82, 2.24) is 4.90 Å². The Morgan fingerprint density at radius 3 is 2.89 bits per heavy atom. The zero-order valence-electron chi connectivity index (χ0n) is 11.7. The van der Waals surface area contributed by atoms with Gasteiger partial charge in [-0.15, -0.1) is 11.6 Å². The zero-order valence-corrected chi connectivity index (χ0v) is 14.0. The molecule has 4 heteroatoms. The first-order valence-corrected chi connectivity index (χ1v) is 8.28. The summed E-state index contributed by atoms with van der Waals surface area (Å²) in [5.41, 5.74) is 2.40. The molecular formula is C15H22BrClN2. The van der Waals surface area contributed by atoms with E-state index >= 15 is 0 Å². The quantitative estimate of drug-likeness (QED) is 0.741. The lowest BCUT2D eigenvalue weighted by Gasteiger charge is -2.29. The Labute approximate surface area is 129 Å². The topological polar surface area (TPSA) is 6.48 Å². The van der Waals surface area contributed by atoms with Gasteiger partial charge in [0.05, 0.1) is 0 Å². The molecule has 0 saturated carbocycles. The van der Waals surface area contributed by atoms with E-state index in [0.29, 0.717) is 11.9 Å². The van der Waals surface area contributed by atoms with Crippen molar-refractivity contribution in [3.63, 3.8) is 0 Å². The average Bonchev–Trinajstić information content (AvgIpc) is 2.85. The summed E-state index contributed by atoms with van der Waals surface area (Å²) in [6, 6.07) is 7.13. The van der Waals surface area contributed by atoms with Crippen LogP contribution in [-0.2, 0) is 5.88 Å². The van der Waals surface area contributed by atoms with Crippen LogP contribution < -0.4 is 4.90 Å². The van der Waals surface area contributed by atoms with Crippen molar-refractivity contribution in [3.05, 3.63) is 28.2 Å². The molecule has 1 unspecified atom stereocenters. The molecule has 0 bridgehead atoms. The summed E-state index contributed by atoms with van der Waals surface area (Å²) >= 11 is 9.48. The van der Waals surface area contributed by atoms with Gasteiger partial charge in [-0.3, -0.25) is 4.90 Å². The molecule has 19 heavy (non-hydrogen) atoms. The number of anilines is 1. The summed E-state index contributed by atoms with van der Waals surface area (Å²) < 4.78 is 1.10. The van der Waals surface area contributed by atoms with Gasteiger partial charge in [-0.1, -0.05) is 28.9 Å². The Hall–Kier alpha value is -0.250. The molecule has 0 aromatic heterocycles. The lowest BCUT2D eigenvalue weighted by molar-refractivity contribution is 0.270. The van der Waals surface area contributed by atoms with Crippen LogP contribution in [0, 0.1) is 0 Å². The van der Waals surface area contributed by atoms with Crippen LogP contribution in [0.3, 0.4) is 0 Å². The van der Waals surface area contributed by atoms with Crippen LogP contribution >= 0.6 is 27.5 Å². The molecule has 0 aliphatic carbocycles. The van der Waals surface area contributed by atoms with Crippen molar-refractivity contribution in [3.8, 4) is 0 Å². The fraction of sp³-hybridized carbons (Fsp3) is 0.600. The van der Waals surface area contributed by atoms with E-state index in [4.69, 9.17) is 11.6 Å². The molecule has 1 aliphatic heterocycles. The molecule has 2 nitrogen and oxygen atoms in total. The van der Waals surface area contributed by atoms with Crippen molar-refractivity contribution in [2.24, 2.45) is 0 Å². The first-order chi connectivity index (χ1) is 9.15. The van der Waals surface area contributed by atoms with Crippen LogP contribution in [0.2, 0.25) is 0 Å². The third kappa shape index (κ3) is 3.65. The molecule has 0 spiro atoms. The molecule has 1 atom stereocenters. The van der Waals surface area contributed by atoms with E-state index in [2.05, 4.69) is 57.9 Å². The van der Waals surface area contributed by atoms with E-state index in [0.717, 1.165) is 23.1 Å². The van der Waals surface area contributed by atoms with E-state index in [1.165, 1.54) is 25.1 Å². The lowest BCUT2D eigenvalue weighted by atomic mass is 10.1. The third-order valence-electron chi connectivity index (χ3n) is 4.01. The molecule has 1 aromatic rings. The number of likely N-dealkylation sites (N-methyl/N-ethyl adjacent to an activating group) is 2. The zero-order chi connectivity index (χ0) is 13.8. The molecule has 1 heterocycles. The fourth-order valence-corrected chi connectivity index (χ4v) is 3.72. The smallest absolute Gasteiger partial charge is 0.0485 e. The number of likely N-dealkylation sites (tertiary alicyclic amines) is 1. The van der Waals surface area contributed by atoms with Gasteiger partial charge in [0.2, 0.25) is 0 Å². The summed E-state index contributed by atoms with van der Waals surface area (Å²) in [6.45, 7) is 5.77. The minimum absolute atomic E-state index is 0.552. The Balaban J connectivity index is 2.03. The second kappa shape index (κ2) is 6.96. The van der Waals surface area contributed by atoms with Crippen LogP contribution in [0.25, 0.3) is 0 Å². The molecule has 0 amide bonds. The summed E-state index contributed by atoms with van der Waals surface area (Å²) in [6.07, 6.45) is 2.65. The maximum absolute atomic E-state index is 5.89. The van der Waals surface area contributed by atoms with E-state index in [9.17, 15) is 0 Å². The molecule has 1 saturated heterocycles. The van der Waals surface area contributed by atoms with Gasteiger partial charge in [0.25, 0.3) is 0 Å². The highest BCUT2D eigenvalue weighted by atomic mass is 79.9. The minimum atomic E-state index is 0.552. The standard InChI is InChI=1S/C15H22BrClN2/c1-3-19-8-4-5-14(19)11-18(2)13-7-6-12(10-17)15(16)9-13/h6-7,9,14H,3-5,8,10-11H2,1-2H3. The summed E-state index contributed by atoms with van der Waals surface area (Å²) in [5.74, 6) is 0.552. The van der Waals surface area contributed by atoms with Gasteiger partial charge in [0.1, 0.15) is 0 Å². The Morgan fingerprint density at radius 2 is 2.26 bits per heavy atom. The summed E-state index contributed by atoms with van der Waals surface area (Å²) in [7, 11) is 2.17. The summed E-state index contributed by atoms with van der Waals surface area (Å²) in [4.78, 5) is 4.93. The van der Waals surface area contributed by atoms with E-state index < -0.39 is 0 Å². The Bertz CT molecular complexity index is 425. The van der Waals surface area contributed by atoms with Crippen LogP contribution in [0.15, 0.2) is 22.7 Å². The minimum Gasteiger partial charge on any atom is -0.373 e. The Morgan fingerprint density at radius 1 is 1.47 bits per heavy atom. The van der Waals surface area contributed by atoms with Gasteiger partial charge in [0, 0.05) is 35.7 Å². The lowest BCUT2D eigenvalue weighted by Crippen LogP contribution is -2.38. The van der Waals surface area contributed by atoms with E-state index in [1.807, 2.05) is 0 Å². The fourth-order valence-electron chi connectivity index (χ4n) is 2.82. The normalized spacial score (nSPS) is 19.9. The van der Waals surface area contributed by atoms with Gasteiger partial charge in [-0.2, -0.15) is 0 Å². The Kier molecular flexibility index (Phi) is 5.55. The van der Waals surface area contributed by atoms with Gasteiger partial charge in [-0.25, -0.2) is 0 Å². The van der Waals surface area contributed by atoms with Crippen molar-refractivity contribution < 1.29 is 0 Å². The molecule has 1 aromatic carbocycles.